The highest BCUT2D eigenvalue weighted by molar-refractivity contribution is 7.90. The molecule has 0 aliphatic heterocycles. The van der Waals surface area contributed by atoms with Crippen molar-refractivity contribution in [2.45, 2.75) is 6.54 Å². The number of sulfone groups is 1. The number of para-hydroxylation sites is 1. The summed E-state index contributed by atoms with van der Waals surface area (Å²) < 4.78 is 28.5. The van der Waals surface area contributed by atoms with E-state index >= 15 is 0 Å². The van der Waals surface area contributed by atoms with Crippen LogP contribution in [-0.2, 0) is 16.4 Å². The summed E-state index contributed by atoms with van der Waals surface area (Å²) in [6, 6.07) is 25.7. The molecule has 2 aromatic heterocycles. The van der Waals surface area contributed by atoms with Gasteiger partial charge < -0.3 is 15.4 Å². The average molecular weight is 531 g/mol. The number of hydrogen-bond donors (Lipinski definition) is 2. The van der Waals surface area contributed by atoms with E-state index in [0.29, 0.717) is 13.1 Å². The number of rotatable bonds is 10. The van der Waals surface area contributed by atoms with Crippen molar-refractivity contribution < 1.29 is 13.2 Å². The first-order valence-electron chi connectivity index (χ1n) is 11.8. The lowest BCUT2D eigenvalue weighted by Crippen LogP contribution is -2.21. The number of fused-ring (bicyclic) bond motifs is 1. The number of pyridine rings is 1. The van der Waals surface area contributed by atoms with E-state index in [-0.39, 0.29) is 5.75 Å². The summed E-state index contributed by atoms with van der Waals surface area (Å²) in [5.41, 5.74) is 3.84. The number of ether oxygens (including phenoxy) is 1. The highest BCUT2D eigenvalue weighted by atomic mass is 32.2. The molecule has 37 heavy (non-hydrogen) atoms. The molecule has 0 fully saturated rings. The summed E-state index contributed by atoms with van der Waals surface area (Å²) in [7, 11) is -2.98. The Bertz CT molecular complexity index is 1600. The van der Waals surface area contributed by atoms with E-state index < -0.39 is 9.84 Å². The predicted octanol–water partition coefficient (Wildman–Crippen LogP) is 6.03. The number of hydrogen-bond acceptors (Lipinski definition) is 8. The largest absolute Gasteiger partial charge is 0.457 e. The highest BCUT2D eigenvalue weighted by Gasteiger charge is 2.09. The summed E-state index contributed by atoms with van der Waals surface area (Å²) in [6.07, 6.45) is 4.89. The van der Waals surface area contributed by atoms with Gasteiger partial charge in [0.05, 0.1) is 16.1 Å². The van der Waals surface area contributed by atoms with E-state index in [1.165, 1.54) is 6.26 Å². The minimum Gasteiger partial charge on any atom is -0.457 e. The molecule has 0 bridgehead atoms. The zero-order chi connectivity index (χ0) is 25.7. The summed E-state index contributed by atoms with van der Waals surface area (Å²) in [5, 5.41) is 8.56. The van der Waals surface area contributed by atoms with E-state index in [4.69, 9.17) is 4.74 Å². The maximum Gasteiger partial charge on any atom is 0.148 e. The average Bonchev–Trinajstić information content (AvgIpc) is 3.37. The van der Waals surface area contributed by atoms with Gasteiger partial charge in [0, 0.05) is 48.5 Å². The van der Waals surface area contributed by atoms with Crippen LogP contribution in [0, 0.1) is 0 Å². The van der Waals surface area contributed by atoms with Gasteiger partial charge in [-0.15, -0.1) is 11.3 Å². The van der Waals surface area contributed by atoms with Crippen LogP contribution < -0.4 is 15.4 Å². The molecule has 0 aliphatic carbocycles. The van der Waals surface area contributed by atoms with Crippen LogP contribution in [0.3, 0.4) is 0 Å². The molecule has 5 rings (SSSR count). The smallest absolute Gasteiger partial charge is 0.148 e. The van der Waals surface area contributed by atoms with Gasteiger partial charge in [-0.2, -0.15) is 0 Å². The van der Waals surface area contributed by atoms with Gasteiger partial charge in [-0.1, -0.05) is 24.3 Å². The second kappa shape index (κ2) is 11.1. The fourth-order valence-corrected chi connectivity index (χ4v) is 5.17. The van der Waals surface area contributed by atoms with E-state index in [2.05, 4.69) is 26.7 Å². The molecule has 0 atom stereocenters. The van der Waals surface area contributed by atoms with Crippen molar-refractivity contribution in [3.8, 4) is 21.9 Å². The summed E-state index contributed by atoms with van der Waals surface area (Å²) in [4.78, 5) is 10.1. The van der Waals surface area contributed by atoms with Crippen LogP contribution in [0.4, 0.5) is 11.4 Å². The number of nitrogens with zero attached hydrogens (tertiary/aromatic N) is 2. The Kier molecular flexibility index (Phi) is 7.45. The third-order valence-electron chi connectivity index (χ3n) is 5.62. The van der Waals surface area contributed by atoms with E-state index in [0.717, 1.165) is 49.2 Å². The first-order valence-corrected chi connectivity index (χ1v) is 14.6. The van der Waals surface area contributed by atoms with Crippen LogP contribution in [-0.4, -0.2) is 36.9 Å². The molecule has 3 aromatic carbocycles. The molecule has 5 aromatic rings. The van der Waals surface area contributed by atoms with Gasteiger partial charge in [-0.05, 0) is 60.2 Å². The minimum atomic E-state index is -2.98. The standard InChI is InChI=1S/C28H26N4O3S2/c1-37(33,34)16-15-29-19-28-31-18-27(36-28)20-7-12-25-24(17-20)26(13-14-30-25)32-21-8-10-23(11-9-21)35-22-5-3-2-4-6-22/h2-14,17-18,29H,15-16,19H2,1H3,(H,30,32). The number of aromatic nitrogens is 2. The lowest BCUT2D eigenvalue weighted by atomic mass is 10.1. The Morgan fingerprint density at radius 3 is 2.49 bits per heavy atom. The van der Waals surface area contributed by atoms with Gasteiger partial charge in [0.1, 0.15) is 26.3 Å². The van der Waals surface area contributed by atoms with Crippen molar-refractivity contribution >= 4 is 43.5 Å². The Balaban J connectivity index is 1.30. The van der Waals surface area contributed by atoms with Crippen molar-refractivity contribution in [1.29, 1.82) is 0 Å². The molecule has 0 aliphatic rings. The minimum absolute atomic E-state index is 0.113. The molecule has 0 radical (unpaired) electrons. The van der Waals surface area contributed by atoms with E-state index in [9.17, 15) is 8.42 Å². The zero-order valence-electron chi connectivity index (χ0n) is 20.2. The molecule has 188 valence electrons. The molecular formula is C28H26N4O3S2. The van der Waals surface area contributed by atoms with Gasteiger partial charge in [-0.3, -0.25) is 4.98 Å². The molecule has 2 heterocycles. The lowest BCUT2D eigenvalue weighted by Gasteiger charge is -2.11. The van der Waals surface area contributed by atoms with Crippen molar-refractivity contribution in [3.63, 3.8) is 0 Å². The van der Waals surface area contributed by atoms with Crippen LogP contribution in [0.25, 0.3) is 21.3 Å². The molecule has 0 spiro atoms. The van der Waals surface area contributed by atoms with E-state index in [1.54, 1.807) is 17.5 Å². The molecular weight excluding hydrogens is 504 g/mol. The summed E-state index contributed by atoms with van der Waals surface area (Å²) in [6.45, 7) is 0.940. The fraction of sp³-hybridized carbons (Fsp3) is 0.143. The second-order valence-corrected chi connectivity index (χ2v) is 12.0. The van der Waals surface area contributed by atoms with Crippen LogP contribution in [0.5, 0.6) is 11.5 Å². The maximum absolute atomic E-state index is 11.3. The van der Waals surface area contributed by atoms with Gasteiger partial charge >= 0.3 is 0 Å². The number of anilines is 2. The predicted molar refractivity (Wildman–Crippen MR) is 151 cm³/mol. The van der Waals surface area contributed by atoms with Crippen LogP contribution in [0.15, 0.2) is 91.3 Å². The first kappa shape index (κ1) is 24.9. The Hall–Kier alpha value is -3.79. The summed E-state index contributed by atoms with van der Waals surface area (Å²) >= 11 is 1.59. The van der Waals surface area contributed by atoms with Crippen molar-refractivity contribution in [3.05, 3.63) is 96.3 Å². The fourth-order valence-electron chi connectivity index (χ4n) is 3.77. The molecule has 2 N–H and O–H groups in total. The Labute approximate surface area is 220 Å². The number of thiazole rings is 1. The van der Waals surface area contributed by atoms with E-state index in [1.807, 2.05) is 79.0 Å². The quantitative estimate of drug-likeness (QED) is 0.213. The van der Waals surface area contributed by atoms with Crippen LogP contribution in [0.2, 0.25) is 0 Å². The SMILES string of the molecule is CS(=O)(=O)CCNCc1ncc(-c2ccc3nccc(Nc4ccc(Oc5ccccc5)cc4)c3c2)s1. The second-order valence-electron chi connectivity index (χ2n) is 8.58. The van der Waals surface area contributed by atoms with Crippen molar-refractivity contribution in [2.75, 3.05) is 23.9 Å². The monoisotopic (exact) mass is 530 g/mol. The lowest BCUT2D eigenvalue weighted by molar-refractivity contribution is 0.483. The van der Waals surface area contributed by atoms with Gasteiger partial charge in [0.15, 0.2) is 0 Å². The zero-order valence-corrected chi connectivity index (χ0v) is 21.9. The topological polar surface area (TPSA) is 93.2 Å². The Morgan fingerprint density at radius 1 is 0.919 bits per heavy atom. The summed E-state index contributed by atoms with van der Waals surface area (Å²) in [5.74, 6) is 1.68. The molecule has 7 nitrogen and oxygen atoms in total. The Morgan fingerprint density at radius 2 is 1.70 bits per heavy atom. The van der Waals surface area contributed by atoms with Crippen molar-refractivity contribution in [1.82, 2.24) is 15.3 Å². The van der Waals surface area contributed by atoms with Crippen molar-refractivity contribution in [2.24, 2.45) is 0 Å². The van der Waals surface area contributed by atoms with Crippen LogP contribution >= 0.6 is 11.3 Å². The molecule has 0 unspecified atom stereocenters. The van der Waals surface area contributed by atoms with Gasteiger partial charge in [0.25, 0.3) is 0 Å². The third kappa shape index (κ3) is 6.71. The number of benzene rings is 3. The van der Waals surface area contributed by atoms with Gasteiger partial charge in [-0.25, -0.2) is 13.4 Å². The highest BCUT2D eigenvalue weighted by Crippen LogP contribution is 2.33. The first-order chi connectivity index (χ1) is 17.9. The normalized spacial score (nSPS) is 11.5. The molecule has 0 saturated heterocycles. The molecule has 0 amide bonds. The molecule has 0 saturated carbocycles. The molecule has 9 heteroatoms. The number of nitrogens with one attached hydrogen (secondary N) is 2. The van der Waals surface area contributed by atoms with Crippen LogP contribution in [0.1, 0.15) is 5.01 Å². The maximum atomic E-state index is 11.3. The third-order valence-corrected chi connectivity index (χ3v) is 7.61. The van der Waals surface area contributed by atoms with Gasteiger partial charge in [0.2, 0.25) is 0 Å².